The predicted molar refractivity (Wildman–Crippen MR) is 107 cm³/mol. The van der Waals surface area contributed by atoms with Crippen LogP contribution in [0.1, 0.15) is 0 Å². The minimum Gasteiger partial charge on any atom is -0.330 e. The summed E-state index contributed by atoms with van der Waals surface area (Å²) in [6.45, 7) is 0. The summed E-state index contributed by atoms with van der Waals surface area (Å²) in [6, 6.07) is 5.84. The Hall–Kier alpha value is -1.29. The molecule has 4 aromatic rings. The average molecular weight is 530 g/mol. The Morgan fingerprint density at radius 1 is 1.08 bits per heavy atom. The number of fused-ring (bicyclic) bond motifs is 1. The van der Waals surface area contributed by atoms with Crippen molar-refractivity contribution in [3.63, 3.8) is 0 Å². The van der Waals surface area contributed by atoms with E-state index in [1.165, 1.54) is 11.3 Å². The molecule has 0 aliphatic rings. The number of hydrogen-bond acceptors (Lipinski definition) is 5. The van der Waals surface area contributed by atoms with Gasteiger partial charge in [-0.2, -0.15) is 0 Å². The van der Waals surface area contributed by atoms with Crippen molar-refractivity contribution < 1.29 is 0 Å². The van der Waals surface area contributed by atoms with Gasteiger partial charge in [0.25, 0.3) is 0 Å². The van der Waals surface area contributed by atoms with E-state index in [-0.39, 0.29) is 0 Å². The Bertz CT molecular complexity index is 1020. The zero-order valence-electron chi connectivity index (χ0n) is 11.9. The zero-order valence-corrected chi connectivity index (χ0v) is 17.4. The van der Waals surface area contributed by atoms with Gasteiger partial charge in [0.05, 0.1) is 17.6 Å². The van der Waals surface area contributed by atoms with E-state index in [0.29, 0.717) is 5.78 Å². The van der Waals surface area contributed by atoms with E-state index in [1.54, 1.807) is 12.4 Å². The van der Waals surface area contributed by atoms with Crippen LogP contribution in [0, 0.1) is 0 Å². The second-order valence-electron chi connectivity index (χ2n) is 4.84. The highest BCUT2D eigenvalue weighted by atomic mass is 79.9. The minimum absolute atomic E-state index is 0.661. The molecule has 120 valence electrons. The Labute approximate surface area is 166 Å². The first-order valence-electron chi connectivity index (χ1n) is 6.77. The summed E-state index contributed by atoms with van der Waals surface area (Å²) in [6.07, 6.45) is 5.44. The molecule has 0 saturated heterocycles. The van der Waals surface area contributed by atoms with E-state index in [0.717, 1.165) is 35.6 Å². The van der Waals surface area contributed by atoms with Crippen molar-refractivity contribution in [2.24, 2.45) is 0 Å². The maximum absolute atomic E-state index is 4.67. The predicted octanol–water partition coefficient (Wildman–Crippen LogP) is 5.88. The second kappa shape index (κ2) is 6.55. The first kappa shape index (κ1) is 16.2. The Kier molecular flexibility index (Phi) is 4.42. The van der Waals surface area contributed by atoms with Crippen LogP contribution in [0.15, 0.2) is 55.6 Å². The number of anilines is 2. The monoisotopic (exact) mass is 527 g/mol. The van der Waals surface area contributed by atoms with E-state index in [4.69, 9.17) is 0 Å². The molecule has 5 nitrogen and oxygen atoms in total. The van der Waals surface area contributed by atoms with Gasteiger partial charge in [-0.1, -0.05) is 15.9 Å². The van der Waals surface area contributed by atoms with Crippen LogP contribution in [0.25, 0.3) is 17.2 Å². The van der Waals surface area contributed by atoms with Crippen molar-refractivity contribution in [1.82, 2.24) is 19.4 Å². The van der Waals surface area contributed by atoms with Crippen LogP contribution in [-0.4, -0.2) is 19.4 Å². The molecular formula is C15H8Br3N5S. The number of nitrogens with zero attached hydrogens (tertiary/aromatic N) is 4. The molecule has 0 bridgehead atoms. The van der Waals surface area contributed by atoms with Gasteiger partial charge in [-0.15, -0.1) is 11.3 Å². The number of rotatable bonds is 3. The first-order chi connectivity index (χ1) is 11.6. The van der Waals surface area contributed by atoms with Gasteiger partial charge < -0.3 is 5.32 Å². The summed E-state index contributed by atoms with van der Waals surface area (Å²) in [5.41, 5.74) is 2.70. The number of benzene rings is 1. The van der Waals surface area contributed by atoms with Crippen LogP contribution < -0.4 is 5.32 Å². The molecule has 0 spiro atoms. The van der Waals surface area contributed by atoms with Gasteiger partial charge >= 0.3 is 0 Å². The molecule has 0 atom stereocenters. The molecule has 0 fully saturated rings. The lowest BCUT2D eigenvalue weighted by Crippen LogP contribution is -1.93. The third-order valence-electron chi connectivity index (χ3n) is 3.29. The molecular weight excluding hydrogens is 522 g/mol. The van der Waals surface area contributed by atoms with E-state index in [1.807, 2.05) is 34.2 Å². The van der Waals surface area contributed by atoms with Gasteiger partial charge in [0, 0.05) is 31.2 Å². The quantitative estimate of drug-likeness (QED) is 0.360. The normalized spacial score (nSPS) is 11.1. The van der Waals surface area contributed by atoms with Crippen molar-refractivity contribution in [3.05, 3.63) is 55.6 Å². The molecule has 4 rings (SSSR count). The highest BCUT2D eigenvalue weighted by molar-refractivity contribution is 9.11. The van der Waals surface area contributed by atoms with Crippen molar-refractivity contribution in [2.45, 2.75) is 0 Å². The number of thiazole rings is 1. The highest BCUT2D eigenvalue weighted by Crippen LogP contribution is 2.37. The lowest BCUT2D eigenvalue weighted by atomic mass is 10.3. The van der Waals surface area contributed by atoms with Crippen LogP contribution >= 0.6 is 59.1 Å². The van der Waals surface area contributed by atoms with Crippen molar-refractivity contribution >= 4 is 75.7 Å². The number of nitrogens with one attached hydrogen (secondary N) is 1. The van der Waals surface area contributed by atoms with Gasteiger partial charge in [-0.25, -0.2) is 15.0 Å². The van der Waals surface area contributed by atoms with Gasteiger partial charge in [-0.3, -0.25) is 4.40 Å². The summed E-state index contributed by atoms with van der Waals surface area (Å²) >= 11 is 12.1. The summed E-state index contributed by atoms with van der Waals surface area (Å²) in [5, 5.41) is 6.14. The van der Waals surface area contributed by atoms with Crippen molar-refractivity contribution in [1.29, 1.82) is 0 Å². The number of halogens is 3. The molecule has 3 heterocycles. The van der Waals surface area contributed by atoms with Crippen LogP contribution in [0.2, 0.25) is 0 Å². The fourth-order valence-corrected chi connectivity index (χ4v) is 5.40. The molecule has 0 radical (unpaired) electrons. The van der Waals surface area contributed by atoms with Crippen LogP contribution in [0.4, 0.5) is 10.8 Å². The molecule has 9 heteroatoms. The molecule has 1 N–H and O–H groups in total. The second-order valence-corrected chi connectivity index (χ2v) is 8.32. The topological polar surface area (TPSA) is 55.1 Å². The van der Waals surface area contributed by atoms with Gasteiger partial charge in [-0.05, 0) is 50.1 Å². The molecule has 0 unspecified atom stereocenters. The largest absolute Gasteiger partial charge is 0.330 e. The Morgan fingerprint density at radius 2 is 1.88 bits per heavy atom. The van der Waals surface area contributed by atoms with Gasteiger partial charge in [0.15, 0.2) is 5.13 Å². The van der Waals surface area contributed by atoms with E-state index >= 15 is 0 Å². The third kappa shape index (κ3) is 3.01. The molecule has 1 aromatic carbocycles. The zero-order chi connectivity index (χ0) is 16.7. The Morgan fingerprint density at radius 3 is 2.67 bits per heavy atom. The molecule has 0 saturated carbocycles. The number of hydrogen-bond donors (Lipinski definition) is 1. The molecule has 0 aliphatic heterocycles. The van der Waals surface area contributed by atoms with E-state index < -0.39 is 0 Å². The summed E-state index contributed by atoms with van der Waals surface area (Å²) in [7, 11) is 0. The molecule has 0 amide bonds. The maximum Gasteiger partial charge on any atom is 0.234 e. The number of aromatic nitrogens is 4. The van der Waals surface area contributed by atoms with Crippen molar-refractivity contribution in [2.75, 3.05) is 5.32 Å². The van der Waals surface area contributed by atoms with Crippen LogP contribution in [-0.2, 0) is 0 Å². The average Bonchev–Trinajstić information content (AvgIpc) is 3.17. The lowest BCUT2D eigenvalue weighted by molar-refractivity contribution is 1.11. The van der Waals surface area contributed by atoms with Gasteiger partial charge in [0.1, 0.15) is 5.69 Å². The van der Waals surface area contributed by atoms with E-state index in [2.05, 4.69) is 68.1 Å². The summed E-state index contributed by atoms with van der Waals surface area (Å²) < 4.78 is 4.80. The minimum atomic E-state index is 0.661. The van der Waals surface area contributed by atoms with Crippen LogP contribution in [0.3, 0.4) is 0 Å². The van der Waals surface area contributed by atoms with Gasteiger partial charge in [0.2, 0.25) is 5.78 Å². The fourth-order valence-electron chi connectivity index (χ4n) is 2.23. The first-order valence-corrected chi connectivity index (χ1v) is 10.0. The Balaban J connectivity index is 1.69. The van der Waals surface area contributed by atoms with E-state index in [9.17, 15) is 0 Å². The molecule has 3 aromatic heterocycles. The summed E-state index contributed by atoms with van der Waals surface area (Å²) in [4.78, 5) is 13.2. The standard InChI is InChI=1S/C15H8Br3N5S/c16-8-4-9(17)13(10(18)5-8)22-15-21-11(7-24-15)12-6-20-14-19-2-1-3-23(12)14/h1-7H,(H,21,22). The fraction of sp³-hybridized carbons (Fsp3) is 0. The smallest absolute Gasteiger partial charge is 0.234 e. The van der Waals surface area contributed by atoms with Crippen molar-refractivity contribution in [3.8, 4) is 11.4 Å². The maximum atomic E-state index is 4.67. The molecule has 0 aliphatic carbocycles. The number of imidazole rings is 1. The lowest BCUT2D eigenvalue weighted by Gasteiger charge is -2.08. The SMILES string of the molecule is Brc1cc(Br)c(Nc2nc(-c3cnc4ncccn34)cs2)c(Br)c1. The highest BCUT2D eigenvalue weighted by Gasteiger charge is 2.13. The van der Waals surface area contributed by atoms with Crippen LogP contribution in [0.5, 0.6) is 0 Å². The third-order valence-corrected chi connectivity index (χ3v) is 5.76. The summed E-state index contributed by atoms with van der Waals surface area (Å²) in [5.74, 6) is 0.661. The molecule has 24 heavy (non-hydrogen) atoms.